The van der Waals surface area contributed by atoms with Crippen LogP contribution in [0.4, 0.5) is 5.82 Å². The molecule has 0 bridgehead atoms. The number of nitrogens with zero attached hydrogens (tertiary/aromatic N) is 1. The molecule has 0 saturated heterocycles. The first-order valence-electron chi connectivity index (χ1n) is 4.21. The zero-order chi connectivity index (χ0) is 9.68. The van der Waals surface area contributed by atoms with E-state index in [1.165, 1.54) is 0 Å². The van der Waals surface area contributed by atoms with Crippen LogP contribution in [0.5, 0.6) is 0 Å². The lowest BCUT2D eigenvalue weighted by Crippen LogP contribution is -2.13. The summed E-state index contributed by atoms with van der Waals surface area (Å²) in [5, 5.41) is 2.68. The van der Waals surface area contributed by atoms with Gasteiger partial charge in [-0.05, 0) is 6.07 Å². The molecule has 0 atom stereocenters. The Labute approximate surface area is 77.2 Å². The first kappa shape index (κ1) is 9.67. The average Bonchev–Trinajstić information content (AvgIpc) is 2.18. The second-order valence-electron chi connectivity index (χ2n) is 2.62. The molecule has 1 amide bonds. The molecular weight excluding hydrogens is 166 g/mol. The molecule has 4 heteroatoms. The lowest BCUT2D eigenvalue weighted by atomic mass is 10.2. The topological polar surface area (TPSA) is 68.0 Å². The van der Waals surface area contributed by atoms with Crippen LogP contribution in [0.3, 0.4) is 0 Å². The van der Waals surface area contributed by atoms with Crippen molar-refractivity contribution in [2.75, 3.05) is 5.32 Å². The summed E-state index contributed by atoms with van der Waals surface area (Å²) in [6.45, 7) is 2.17. The molecule has 0 unspecified atom stereocenters. The van der Waals surface area contributed by atoms with Gasteiger partial charge in [0.25, 0.3) is 0 Å². The Morgan fingerprint density at radius 2 is 2.46 bits per heavy atom. The highest BCUT2D eigenvalue weighted by Crippen LogP contribution is 2.10. The van der Waals surface area contributed by atoms with Gasteiger partial charge in [0, 0.05) is 24.7 Å². The fourth-order valence-electron chi connectivity index (χ4n) is 0.936. The molecule has 0 saturated carbocycles. The minimum Gasteiger partial charge on any atom is -0.326 e. The van der Waals surface area contributed by atoms with Gasteiger partial charge in [-0.25, -0.2) is 4.98 Å². The molecule has 0 aromatic carbocycles. The van der Waals surface area contributed by atoms with Crippen LogP contribution in [0, 0.1) is 0 Å². The largest absolute Gasteiger partial charge is 0.326 e. The van der Waals surface area contributed by atoms with Crippen molar-refractivity contribution in [3.8, 4) is 0 Å². The normalized spacial score (nSPS) is 9.69. The van der Waals surface area contributed by atoms with Crippen molar-refractivity contribution in [2.24, 2.45) is 5.73 Å². The fraction of sp³-hybridized carbons (Fsp3) is 0.333. The average molecular weight is 179 g/mol. The lowest BCUT2D eigenvalue weighted by molar-refractivity contribution is -0.115. The molecule has 0 radical (unpaired) electrons. The predicted octanol–water partition coefficient (Wildman–Crippen LogP) is 0.889. The van der Waals surface area contributed by atoms with Gasteiger partial charge in [-0.2, -0.15) is 0 Å². The van der Waals surface area contributed by atoms with Crippen LogP contribution >= 0.6 is 0 Å². The quantitative estimate of drug-likeness (QED) is 0.724. The maximum absolute atomic E-state index is 11.1. The van der Waals surface area contributed by atoms with E-state index in [9.17, 15) is 4.79 Å². The minimum absolute atomic E-state index is 0.0478. The monoisotopic (exact) mass is 179 g/mol. The van der Waals surface area contributed by atoms with Gasteiger partial charge in [0.15, 0.2) is 0 Å². The Morgan fingerprint density at radius 3 is 3.08 bits per heavy atom. The van der Waals surface area contributed by atoms with Gasteiger partial charge in [-0.1, -0.05) is 13.0 Å². The standard InChI is InChI=1S/C9H13N3O/c1-2-8(13)12-9-7(6-10)4-3-5-11-9/h3-5H,2,6,10H2,1H3,(H,11,12,13). The predicted molar refractivity (Wildman–Crippen MR) is 51.0 cm³/mol. The van der Waals surface area contributed by atoms with E-state index >= 15 is 0 Å². The highest BCUT2D eigenvalue weighted by molar-refractivity contribution is 5.90. The number of nitrogens with one attached hydrogen (secondary N) is 1. The Balaban J connectivity index is 2.81. The van der Waals surface area contributed by atoms with Gasteiger partial charge in [-0.15, -0.1) is 0 Å². The zero-order valence-electron chi connectivity index (χ0n) is 7.58. The Hall–Kier alpha value is -1.42. The number of carbonyl (C=O) groups excluding carboxylic acids is 1. The van der Waals surface area contributed by atoms with E-state index in [4.69, 9.17) is 5.73 Å². The van der Waals surface area contributed by atoms with Crippen molar-refractivity contribution < 1.29 is 4.79 Å². The number of pyridine rings is 1. The highest BCUT2D eigenvalue weighted by atomic mass is 16.1. The SMILES string of the molecule is CCC(=O)Nc1ncccc1CN. The number of carbonyl (C=O) groups is 1. The van der Waals surface area contributed by atoms with Crippen LogP contribution in [0.25, 0.3) is 0 Å². The van der Waals surface area contributed by atoms with E-state index in [-0.39, 0.29) is 5.91 Å². The van der Waals surface area contributed by atoms with Crippen molar-refractivity contribution in [1.29, 1.82) is 0 Å². The maximum atomic E-state index is 11.1. The third-order valence-corrected chi connectivity index (χ3v) is 1.69. The van der Waals surface area contributed by atoms with E-state index in [0.29, 0.717) is 18.8 Å². The first-order valence-corrected chi connectivity index (χ1v) is 4.21. The summed E-state index contributed by atoms with van der Waals surface area (Å²) in [4.78, 5) is 15.1. The van der Waals surface area contributed by atoms with Crippen molar-refractivity contribution in [1.82, 2.24) is 4.98 Å². The molecule has 4 nitrogen and oxygen atoms in total. The van der Waals surface area contributed by atoms with Gasteiger partial charge in [0.1, 0.15) is 5.82 Å². The second kappa shape index (κ2) is 4.57. The van der Waals surface area contributed by atoms with Gasteiger partial charge >= 0.3 is 0 Å². The molecule has 1 aromatic rings. The Kier molecular flexibility index (Phi) is 3.40. The maximum Gasteiger partial charge on any atom is 0.225 e. The molecule has 0 aliphatic rings. The Morgan fingerprint density at radius 1 is 1.69 bits per heavy atom. The molecule has 1 aromatic heterocycles. The van der Waals surface area contributed by atoms with E-state index in [1.807, 2.05) is 6.07 Å². The molecule has 0 aliphatic carbocycles. The lowest BCUT2D eigenvalue weighted by Gasteiger charge is -2.06. The molecule has 0 spiro atoms. The van der Waals surface area contributed by atoms with Crippen LogP contribution in [-0.4, -0.2) is 10.9 Å². The van der Waals surface area contributed by atoms with E-state index in [1.54, 1.807) is 19.2 Å². The second-order valence-corrected chi connectivity index (χ2v) is 2.62. The van der Waals surface area contributed by atoms with Crippen molar-refractivity contribution in [3.05, 3.63) is 23.9 Å². The summed E-state index contributed by atoms with van der Waals surface area (Å²) in [7, 11) is 0. The number of hydrogen-bond donors (Lipinski definition) is 2. The van der Waals surface area contributed by atoms with Crippen LogP contribution in [0.15, 0.2) is 18.3 Å². The summed E-state index contributed by atoms with van der Waals surface area (Å²) >= 11 is 0. The van der Waals surface area contributed by atoms with E-state index < -0.39 is 0 Å². The van der Waals surface area contributed by atoms with E-state index in [0.717, 1.165) is 5.56 Å². The molecule has 0 fully saturated rings. The van der Waals surface area contributed by atoms with Gasteiger partial charge in [0.2, 0.25) is 5.91 Å². The van der Waals surface area contributed by atoms with Crippen LogP contribution in [0.2, 0.25) is 0 Å². The van der Waals surface area contributed by atoms with Gasteiger partial charge < -0.3 is 11.1 Å². The zero-order valence-corrected chi connectivity index (χ0v) is 7.58. The number of nitrogens with two attached hydrogens (primary N) is 1. The summed E-state index contributed by atoms with van der Waals surface area (Å²) in [5.41, 5.74) is 6.33. The number of rotatable bonds is 3. The summed E-state index contributed by atoms with van der Waals surface area (Å²) in [6.07, 6.45) is 2.07. The minimum atomic E-state index is -0.0478. The molecule has 3 N–H and O–H groups in total. The van der Waals surface area contributed by atoms with E-state index in [2.05, 4.69) is 10.3 Å². The molecule has 1 rings (SSSR count). The summed E-state index contributed by atoms with van der Waals surface area (Å²) in [6, 6.07) is 3.64. The summed E-state index contributed by atoms with van der Waals surface area (Å²) < 4.78 is 0. The van der Waals surface area contributed by atoms with Crippen LogP contribution in [0.1, 0.15) is 18.9 Å². The fourth-order valence-corrected chi connectivity index (χ4v) is 0.936. The molecule has 70 valence electrons. The first-order chi connectivity index (χ1) is 6.27. The molecule has 0 aliphatic heterocycles. The number of hydrogen-bond acceptors (Lipinski definition) is 3. The number of aromatic nitrogens is 1. The third kappa shape index (κ3) is 2.52. The number of amides is 1. The molecule has 1 heterocycles. The third-order valence-electron chi connectivity index (χ3n) is 1.69. The van der Waals surface area contributed by atoms with Gasteiger partial charge in [0.05, 0.1) is 0 Å². The summed E-state index contributed by atoms with van der Waals surface area (Å²) in [5.74, 6) is 0.519. The van der Waals surface area contributed by atoms with Crippen molar-refractivity contribution >= 4 is 11.7 Å². The van der Waals surface area contributed by atoms with Crippen LogP contribution < -0.4 is 11.1 Å². The molecule has 13 heavy (non-hydrogen) atoms. The van der Waals surface area contributed by atoms with Crippen molar-refractivity contribution in [3.63, 3.8) is 0 Å². The van der Waals surface area contributed by atoms with Crippen LogP contribution in [-0.2, 0) is 11.3 Å². The smallest absolute Gasteiger partial charge is 0.225 e. The molecular formula is C9H13N3O. The van der Waals surface area contributed by atoms with Crippen molar-refractivity contribution in [2.45, 2.75) is 19.9 Å². The number of anilines is 1. The Bertz CT molecular complexity index is 299. The highest BCUT2D eigenvalue weighted by Gasteiger charge is 2.03. The van der Waals surface area contributed by atoms with Gasteiger partial charge in [-0.3, -0.25) is 4.79 Å².